The lowest BCUT2D eigenvalue weighted by molar-refractivity contribution is 0.701. The Balaban J connectivity index is 2.06. The predicted molar refractivity (Wildman–Crippen MR) is 88.2 cm³/mol. The van der Waals surface area contributed by atoms with Crippen molar-refractivity contribution in [2.45, 2.75) is 44.9 Å². The summed E-state index contributed by atoms with van der Waals surface area (Å²) >= 11 is 14.0. The van der Waals surface area contributed by atoms with Crippen molar-refractivity contribution in [2.75, 3.05) is 0 Å². The molecule has 1 aromatic heterocycles. The highest BCUT2D eigenvalue weighted by atomic mass is 35.5. The molecule has 1 aliphatic carbocycles. The number of hydrogen-bond donors (Lipinski definition) is 0. The highest BCUT2D eigenvalue weighted by Gasteiger charge is 2.24. The lowest BCUT2D eigenvalue weighted by Crippen LogP contribution is -1.95. The first-order valence-electron chi connectivity index (χ1n) is 7.14. The van der Waals surface area contributed by atoms with Gasteiger partial charge in [0, 0.05) is 5.92 Å². The molecule has 0 saturated heterocycles. The number of aryl methyl sites for hydroxylation is 1. The summed E-state index contributed by atoms with van der Waals surface area (Å²) in [6.07, 6.45) is 6.17. The minimum Gasteiger partial charge on any atom is -0.245 e. The minimum absolute atomic E-state index is 0.609. The second kappa shape index (κ2) is 6.05. The largest absolute Gasteiger partial charge is 0.245 e. The Kier molecular flexibility index (Phi) is 4.34. The van der Waals surface area contributed by atoms with E-state index in [-0.39, 0.29) is 0 Å². The van der Waals surface area contributed by atoms with Gasteiger partial charge in [-0.3, -0.25) is 0 Å². The lowest BCUT2D eigenvalue weighted by Gasteiger charge is -2.09. The summed E-state index contributed by atoms with van der Waals surface area (Å²) in [4.78, 5) is 6.17. The molecule has 0 radical (unpaired) electrons. The quantitative estimate of drug-likeness (QED) is 0.641. The van der Waals surface area contributed by atoms with E-state index in [2.05, 4.69) is 13.0 Å². The van der Waals surface area contributed by atoms with Gasteiger partial charge in [-0.25, -0.2) is 4.98 Å². The fourth-order valence-electron chi connectivity index (χ4n) is 2.85. The molecule has 0 atom stereocenters. The number of halogens is 2. The zero-order valence-corrected chi connectivity index (χ0v) is 13.8. The molecule has 1 fully saturated rings. The zero-order valence-electron chi connectivity index (χ0n) is 11.5. The summed E-state index contributed by atoms with van der Waals surface area (Å²) in [6, 6.07) is 5.90. The van der Waals surface area contributed by atoms with Crippen molar-refractivity contribution in [3.8, 4) is 10.4 Å². The van der Waals surface area contributed by atoms with Crippen molar-refractivity contribution < 1.29 is 0 Å². The van der Waals surface area contributed by atoms with Crippen LogP contribution in [0.4, 0.5) is 0 Å². The average molecular weight is 326 g/mol. The summed E-state index contributed by atoms with van der Waals surface area (Å²) in [5.41, 5.74) is 2.43. The van der Waals surface area contributed by atoms with Crippen LogP contribution < -0.4 is 0 Å². The first-order valence-corrected chi connectivity index (χ1v) is 8.71. The Morgan fingerprint density at radius 1 is 1.20 bits per heavy atom. The van der Waals surface area contributed by atoms with Crippen molar-refractivity contribution >= 4 is 34.5 Å². The van der Waals surface area contributed by atoms with Crippen LogP contribution in [0, 0.1) is 0 Å². The SMILES string of the molecule is CCc1nc(C2CCCC2)c(-c2ccc(Cl)c(Cl)c2)s1. The summed E-state index contributed by atoms with van der Waals surface area (Å²) in [6.45, 7) is 2.16. The van der Waals surface area contributed by atoms with E-state index in [1.165, 1.54) is 41.3 Å². The number of hydrogen-bond acceptors (Lipinski definition) is 2. The molecule has 3 rings (SSSR count). The van der Waals surface area contributed by atoms with Gasteiger partial charge in [0.15, 0.2) is 0 Å². The van der Waals surface area contributed by atoms with Crippen molar-refractivity contribution in [3.63, 3.8) is 0 Å². The second-order valence-electron chi connectivity index (χ2n) is 5.29. The highest BCUT2D eigenvalue weighted by Crippen LogP contribution is 2.42. The van der Waals surface area contributed by atoms with Gasteiger partial charge in [-0.1, -0.05) is 49.0 Å². The molecule has 0 amide bonds. The van der Waals surface area contributed by atoms with E-state index in [0.29, 0.717) is 16.0 Å². The topological polar surface area (TPSA) is 12.9 Å². The van der Waals surface area contributed by atoms with E-state index in [1.54, 1.807) is 11.3 Å². The van der Waals surface area contributed by atoms with Gasteiger partial charge in [-0.05, 0) is 37.0 Å². The maximum Gasteiger partial charge on any atom is 0.0932 e. The van der Waals surface area contributed by atoms with E-state index >= 15 is 0 Å². The maximum absolute atomic E-state index is 6.17. The highest BCUT2D eigenvalue weighted by molar-refractivity contribution is 7.15. The van der Waals surface area contributed by atoms with Crippen molar-refractivity contribution in [1.82, 2.24) is 4.98 Å². The molecule has 4 heteroatoms. The van der Waals surface area contributed by atoms with Gasteiger partial charge in [-0.15, -0.1) is 11.3 Å². The van der Waals surface area contributed by atoms with Crippen molar-refractivity contribution in [3.05, 3.63) is 38.9 Å². The molecule has 0 aliphatic heterocycles. The molecule has 20 heavy (non-hydrogen) atoms. The van der Waals surface area contributed by atoms with E-state index in [4.69, 9.17) is 28.2 Å². The molecule has 0 unspecified atom stereocenters. The van der Waals surface area contributed by atoms with Gasteiger partial charge in [0.05, 0.1) is 25.6 Å². The van der Waals surface area contributed by atoms with Gasteiger partial charge in [0.2, 0.25) is 0 Å². The fourth-order valence-corrected chi connectivity index (χ4v) is 4.23. The van der Waals surface area contributed by atoms with E-state index in [0.717, 1.165) is 12.0 Å². The van der Waals surface area contributed by atoms with Crippen LogP contribution in [0.1, 0.15) is 49.2 Å². The average Bonchev–Trinajstić information content (AvgIpc) is 3.09. The van der Waals surface area contributed by atoms with Gasteiger partial charge < -0.3 is 0 Å². The Labute approximate surface area is 134 Å². The smallest absolute Gasteiger partial charge is 0.0932 e. The maximum atomic E-state index is 6.17. The monoisotopic (exact) mass is 325 g/mol. The third kappa shape index (κ3) is 2.74. The molecule has 0 bridgehead atoms. The molecule has 2 aromatic rings. The minimum atomic E-state index is 0.609. The van der Waals surface area contributed by atoms with Gasteiger partial charge in [-0.2, -0.15) is 0 Å². The van der Waals surface area contributed by atoms with Crippen LogP contribution >= 0.6 is 34.5 Å². The first-order chi connectivity index (χ1) is 9.69. The van der Waals surface area contributed by atoms with Crippen LogP contribution in [0.3, 0.4) is 0 Å². The fraction of sp³-hybridized carbons (Fsp3) is 0.438. The third-order valence-corrected chi connectivity index (χ3v) is 5.93. The summed E-state index contributed by atoms with van der Waals surface area (Å²) in [7, 11) is 0. The molecule has 1 heterocycles. The summed E-state index contributed by atoms with van der Waals surface area (Å²) in [5, 5.41) is 2.44. The zero-order chi connectivity index (χ0) is 14.1. The molecule has 106 valence electrons. The van der Waals surface area contributed by atoms with Crippen molar-refractivity contribution in [1.29, 1.82) is 0 Å². The van der Waals surface area contributed by atoms with Crippen LogP contribution in [0.2, 0.25) is 10.0 Å². The molecule has 1 saturated carbocycles. The van der Waals surface area contributed by atoms with Crippen LogP contribution in [0.25, 0.3) is 10.4 Å². The predicted octanol–water partition coefficient (Wildman–Crippen LogP) is 6.34. The van der Waals surface area contributed by atoms with Gasteiger partial charge >= 0.3 is 0 Å². The van der Waals surface area contributed by atoms with E-state index in [9.17, 15) is 0 Å². The normalized spacial score (nSPS) is 15.9. The number of benzene rings is 1. The molecular formula is C16H17Cl2NS. The van der Waals surface area contributed by atoms with E-state index in [1.807, 2.05) is 12.1 Å². The first kappa shape index (κ1) is 14.4. The molecular weight excluding hydrogens is 309 g/mol. The van der Waals surface area contributed by atoms with Gasteiger partial charge in [0.25, 0.3) is 0 Å². The Hall–Kier alpha value is -0.570. The van der Waals surface area contributed by atoms with Gasteiger partial charge in [0.1, 0.15) is 0 Å². The molecule has 1 aromatic carbocycles. The van der Waals surface area contributed by atoms with Crippen LogP contribution in [-0.2, 0) is 6.42 Å². The molecule has 0 N–H and O–H groups in total. The van der Waals surface area contributed by atoms with Crippen LogP contribution in [0.5, 0.6) is 0 Å². The molecule has 0 spiro atoms. The number of rotatable bonds is 3. The van der Waals surface area contributed by atoms with Crippen LogP contribution in [0.15, 0.2) is 18.2 Å². The number of thiazole rings is 1. The Morgan fingerprint density at radius 2 is 1.95 bits per heavy atom. The molecule has 1 nitrogen and oxygen atoms in total. The third-order valence-electron chi connectivity index (χ3n) is 3.92. The summed E-state index contributed by atoms with van der Waals surface area (Å²) in [5.74, 6) is 0.621. The number of aromatic nitrogens is 1. The Bertz CT molecular complexity index is 615. The summed E-state index contributed by atoms with van der Waals surface area (Å²) < 4.78 is 0. The lowest BCUT2D eigenvalue weighted by atomic mass is 10.0. The number of nitrogens with zero attached hydrogens (tertiary/aromatic N) is 1. The standard InChI is InChI=1S/C16H17Cl2NS/c1-2-14-19-15(10-5-3-4-6-10)16(20-14)11-7-8-12(17)13(18)9-11/h7-10H,2-6H2,1H3. The van der Waals surface area contributed by atoms with Crippen molar-refractivity contribution in [2.24, 2.45) is 0 Å². The Morgan fingerprint density at radius 3 is 2.60 bits per heavy atom. The van der Waals surface area contributed by atoms with Crippen LogP contribution in [-0.4, -0.2) is 4.98 Å². The second-order valence-corrected chi connectivity index (χ2v) is 7.18. The molecule has 1 aliphatic rings. The van der Waals surface area contributed by atoms with E-state index < -0.39 is 0 Å².